The first-order valence-electron chi connectivity index (χ1n) is 14.9. The van der Waals surface area contributed by atoms with Gasteiger partial charge < -0.3 is 40.3 Å². The van der Waals surface area contributed by atoms with E-state index >= 15 is 4.39 Å². The summed E-state index contributed by atoms with van der Waals surface area (Å²) in [7, 11) is 0. The van der Waals surface area contributed by atoms with Crippen molar-refractivity contribution in [2.75, 3.05) is 26.3 Å². The van der Waals surface area contributed by atoms with Gasteiger partial charge in [-0.2, -0.15) is 0 Å². The van der Waals surface area contributed by atoms with Gasteiger partial charge in [0.05, 0.1) is 18.8 Å². The number of rotatable bonds is 12. The van der Waals surface area contributed by atoms with E-state index in [0.29, 0.717) is 12.0 Å². The number of halogens is 1. The minimum absolute atomic E-state index is 0.0461. The fourth-order valence-electron chi connectivity index (χ4n) is 7.92. The van der Waals surface area contributed by atoms with Crippen LogP contribution in [0.5, 0.6) is 0 Å². The fraction of sp³-hybridized carbons (Fsp3) is 0.724. The summed E-state index contributed by atoms with van der Waals surface area (Å²) in [5.74, 6) is -3.62. The van der Waals surface area contributed by atoms with Gasteiger partial charge in [0.2, 0.25) is 6.29 Å². The predicted octanol–water partition coefficient (Wildman–Crippen LogP) is 0.432. The molecule has 0 spiro atoms. The number of hydrogen-bond donors (Lipinski definition) is 5. The highest BCUT2D eigenvalue weighted by molar-refractivity contribution is 6.01. The van der Waals surface area contributed by atoms with Gasteiger partial charge in [0, 0.05) is 23.3 Å². The molecular formula is C29H40FN3O12. The highest BCUT2D eigenvalue weighted by Crippen LogP contribution is 2.69. The summed E-state index contributed by atoms with van der Waals surface area (Å²) in [4.78, 5) is 63.5. The van der Waals surface area contributed by atoms with Crippen molar-refractivity contribution in [3.05, 3.63) is 33.9 Å². The van der Waals surface area contributed by atoms with Crippen molar-refractivity contribution >= 4 is 23.6 Å². The number of ketones is 2. The summed E-state index contributed by atoms with van der Waals surface area (Å²) in [5.41, 5.74) is -6.72. The summed E-state index contributed by atoms with van der Waals surface area (Å²) in [6, 6.07) is -0.740. The summed E-state index contributed by atoms with van der Waals surface area (Å²) >= 11 is 0. The number of Topliss-reactive ketones (excluding diaryl/α,β-unsaturated/α-hetero) is 1. The van der Waals surface area contributed by atoms with E-state index in [0.717, 1.165) is 0 Å². The topological polar surface area (TPSA) is 224 Å². The largest absolute Gasteiger partial charge is 0.435 e. The number of allylic oxidation sites excluding steroid dienone is 4. The van der Waals surface area contributed by atoms with Crippen LogP contribution in [0.3, 0.4) is 0 Å². The van der Waals surface area contributed by atoms with Gasteiger partial charge in [-0.3, -0.25) is 14.4 Å². The zero-order chi connectivity index (χ0) is 33.4. The number of esters is 1. The molecule has 0 heterocycles. The van der Waals surface area contributed by atoms with Crippen LogP contribution in [0.25, 0.3) is 0 Å². The molecule has 0 saturated heterocycles. The molecular weight excluding hydrogens is 601 g/mol. The third kappa shape index (κ3) is 5.95. The third-order valence-corrected chi connectivity index (χ3v) is 10.2. The average Bonchev–Trinajstić information content (AvgIpc) is 3.17. The zero-order valence-corrected chi connectivity index (χ0v) is 25.3. The number of nitrogens with zero attached hydrogens (tertiary/aromatic N) is 1. The van der Waals surface area contributed by atoms with Crippen LogP contribution in [-0.2, 0) is 28.7 Å². The number of hydrogen-bond acceptors (Lipinski definition) is 12. The number of urea groups is 1. The highest BCUT2D eigenvalue weighted by Gasteiger charge is 2.76. The van der Waals surface area contributed by atoms with Crippen molar-refractivity contribution in [2.24, 2.45) is 22.7 Å². The lowest BCUT2D eigenvalue weighted by atomic mass is 9.44. The maximum atomic E-state index is 17.2. The van der Waals surface area contributed by atoms with Crippen LogP contribution in [0.2, 0.25) is 0 Å². The van der Waals surface area contributed by atoms with E-state index in [9.17, 15) is 44.6 Å². The van der Waals surface area contributed by atoms with Gasteiger partial charge in [0.1, 0.15) is 13.2 Å². The molecule has 0 aliphatic heterocycles. The Morgan fingerprint density at radius 1 is 1.20 bits per heavy atom. The quantitative estimate of drug-likeness (QED) is 0.0643. The van der Waals surface area contributed by atoms with Crippen molar-refractivity contribution in [1.29, 1.82) is 0 Å². The van der Waals surface area contributed by atoms with Crippen LogP contribution in [-0.4, -0.2) is 100 Å². The first-order valence-corrected chi connectivity index (χ1v) is 14.9. The molecule has 3 fully saturated rings. The van der Waals surface area contributed by atoms with E-state index in [-0.39, 0.29) is 44.6 Å². The minimum atomic E-state index is -2.40. The van der Waals surface area contributed by atoms with Crippen molar-refractivity contribution in [3.63, 3.8) is 0 Å². The Hall–Kier alpha value is -3.47. The van der Waals surface area contributed by atoms with Gasteiger partial charge >= 0.3 is 12.0 Å². The van der Waals surface area contributed by atoms with Crippen molar-refractivity contribution in [2.45, 2.75) is 82.6 Å². The third-order valence-electron chi connectivity index (χ3n) is 10.2. The second kappa shape index (κ2) is 12.7. The van der Waals surface area contributed by atoms with Crippen LogP contribution in [0, 0.1) is 32.8 Å². The molecule has 2 amide bonds. The summed E-state index contributed by atoms with van der Waals surface area (Å²) in [6.07, 6.45) is 0.0221. The molecule has 250 valence electrons. The van der Waals surface area contributed by atoms with Crippen LogP contribution in [0.1, 0.15) is 52.9 Å². The Bertz CT molecular complexity index is 1290. The number of fused-ring (bicyclic) bond motifs is 5. The lowest BCUT2D eigenvalue weighted by Crippen LogP contribution is -2.69. The molecule has 3 saturated carbocycles. The molecule has 15 nitrogen and oxygen atoms in total. The first-order chi connectivity index (χ1) is 21.0. The standard InChI is InChI=1S/C29H40FN3O12/c1-16(45-24(38)14-32-25(39)31-9-4-10-44-33(41)42)43-15-23(37)29(40)21(35)12-20-19-6-5-17-11-18(34)7-8-26(17,2)28(19,30)22(36)13-27(20,29)3/h7-8,11,16,19-22,35-36,40H,4-6,9-10,12-15H2,1-3H3,(H2,31,32,39)/t16?,19?,20?,21-,22+,26+,27+,28+,29+/m1/s1. The van der Waals surface area contributed by atoms with Gasteiger partial charge in [0.15, 0.2) is 22.8 Å². The maximum absolute atomic E-state index is 17.2. The molecule has 0 aromatic rings. The molecule has 4 aliphatic rings. The van der Waals surface area contributed by atoms with Crippen molar-refractivity contribution in [1.82, 2.24) is 10.6 Å². The van der Waals surface area contributed by atoms with Gasteiger partial charge in [-0.1, -0.05) is 18.6 Å². The molecule has 4 aliphatic carbocycles. The number of aliphatic hydroxyl groups excluding tert-OH is 2. The zero-order valence-electron chi connectivity index (χ0n) is 25.3. The van der Waals surface area contributed by atoms with Crippen LogP contribution >= 0.6 is 0 Å². The monoisotopic (exact) mass is 641 g/mol. The Balaban J connectivity index is 1.34. The van der Waals surface area contributed by atoms with Gasteiger partial charge in [0.25, 0.3) is 5.09 Å². The smallest absolute Gasteiger partial charge is 0.327 e. The fourth-order valence-corrected chi connectivity index (χ4v) is 7.92. The van der Waals surface area contributed by atoms with Crippen molar-refractivity contribution in [3.8, 4) is 0 Å². The summed E-state index contributed by atoms with van der Waals surface area (Å²) in [6.45, 7) is 2.98. The van der Waals surface area contributed by atoms with E-state index < -0.39 is 88.5 Å². The van der Waals surface area contributed by atoms with E-state index in [4.69, 9.17) is 9.47 Å². The van der Waals surface area contributed by atoms with Crippen LogP contribution in [0.15, 0.2) is 23.8 Å². The molecule has 0 radical (unpaired) electrons. The molecule has 45 heavy (non-hydrogen) atoms. The molecule has 5 N–H and O–H groups in total. The maximum Gasteiger partial charge on any atom is 0.327 e. The molecule has 9 atom stereocenters. The SMILES string of the molecule is CC(OCC(=O)[C@@]1(O)[C@H](O)CC2C3CCC4=CC(=O)C=C[C@]4(C)[C@@]3(F)[C@@H](O)C[C@@]21C)OC(=O)CNC(=O)NCCCO[N+](=O)[O-]. The first kappa shape index (κ1) is 34.4. The molecule has 4 rings (SSSR count). The van der Waals surface area contributed by atoms with E-state index in [1.54, 1.807) is 13.8 Å². The molecule has 3 unspecified atom stereocenters. The van der Waals surface area contributed by atoms with Gasteiger partial charge in [-0.25, -0.2) is 9.18 Å². The molecule has 0 aromatic heterocycles. The normalized spacial score (nSPS) is 37.3. The summed E-state index contributed by atoms with van der Waals surface area (Å²) < 4.78 is 27.6. The Morgan fingerprint density at radius 2 is 1.91 bits per heavy atom. The second-order valence-corrected chi connectivity index (χ2v) is 12.6. The lowest BCUT2D eigenvalue weighted by Gasteiger charge is -2.62. The van der Waals surface area contributed by atoms with E-state index in [1.165, 1.54) is 25.2 Å². The minimum Gasteiger partial charge on any atom is -0.435 e. The summed E-state index contributed by atoms with van der Waals surface area (Å²) in [5, 5.41) is 48.0. The average molecular weight is 642 g/mol. The Morgan fingerprint density at radius 3 is 2.60 bits per heavy atom. The van der Waals surface area contributed by atoms with Crippen molar-refractivity contribution < 1.29 is 58.3 Å². The second-order valence-electron chi connectivity index (χ2n) is 12.6. The predicted molar refractivity (Wildman–Crippen MR) is 150 cm³/mol. The number of ether oxygens (including phenoxy) is 2. The number of nitrogens with one attached hydrogen (secondary N) is 2. The number of alkyl halides is 1. The molecule has 0 aromatic carbocycles. The van der Waals surface area contributed by atoms with E-state index in [2.05, 4.69) is 15.5 Å². The number of aliphatic hydroxyl groups is 3. The van der Waals surface area contributed by atoms with Gasteiger partial charge in [-0.05, 0) is 64.0 Å². The lowest BCUT2D eigenvalue weighted by molar-refractivity contribution is -0.757. The highest BCUT2D eigenvalue weighted by atomic mass is 19.1. The number of carbonyl (C=O) groups excluding carboxylic acids is 4. The van der Waals surface area contributed by atoms with Gasteiger partial charge in [-0.15, -0.1) is 10.1 Å². The number of amides is 2. The molecule has 0 bridgehead atoms. The Kier molecular flexibility index (Phi) is 9.73. The van der Waals surface area contributed by atoms with E-state index in [1.807, 2.05) is 0 Å². The van der Waals surface area contributed by atoms with Crippen LogP contribution < -0.4 is 10.6 Å². The molecule has 16 heteroatoms. The number of carbonyl (C=O) groups is 4. The Labute approximate surface area is 258 Å². The van der Waals surface area contributed by atoms with Crippen LogP contribution in [0.4, 0.5) is 9.18 Å².